The third-order valence-electron chi connectivity index (χ3n) is 3.06. The summed E-state index contributed by atoms with van der Waals surface area (Å²) in [6.45, 7) is 1.98. The highest BCUT2D eigenvalue weighted by Gasteiger charge is 2.22. The lowest BCUT2D eigenvalue weighted by atomic mass is 10.1. The summed E-state index contributed by atoms with van der Waals surface area (Å²) in [7, 11) is 0. The molecule has 1 saturated heterocycles. The number of anilines is 1. The first-order valence-electron chi connectivity index (χ1n) is 6.13. The van der Waals surface area contributed by atoms with Gasteiger partial charge < -0.3 is 10.3 Å². The zero-order valence-corrected chi connectivity index (χ0v) is 12.3. The normalized spacial score (nSPS) is 19.5. The van der Waals surface area contributed by atoms with E-state index in [1.54, 1.807) is 0 Å². The smallest absolute Gasteiger partial charge is 0.257 e. The molecule has 1 aliphatic heterocycles. The summed E-state index contributed by atoms with van der Waals surface area (Å²) >= 11 is 3.85. The van der Waals surface area contributed by atoms with Crippen LogP contribution in [0.4, 0.5) is 5.69 Å². The molecule has 0 radical (unpaired) electrons. The molecule has 0 bridgehead atoms. The van der Waals surface area contributed by atoms with Crippen molar-refractivity contribution in [2.24, 2.45) is 0 Å². The summed E-state index contributed by atoms with van der Waals surface area (Å²) in [4.78, 5) is 4.52. The fraction of sp³-hybridized carbons (Fsp3) is 0.385. The fourth-order valence-corrected chi connectivity index (χ4v) is 4.52. The summed E-state index contributed by atoms with van der Waals surface area (Å²) in [6.07, 6.45) is 0. The molecule has 2 aromatic rings. The second-order valence-corrected chi connectivity index (χ2v) is 6.92. The molecule has 19 heavy (non-hydrogen) atoms. The molecule has 0 aliphatic carbocycles. The Morgan fingerprint density at radius 1 is 1.37 bits per heavy atom. The lowest BCUT2D eigenvalue weighted by Gasteiger charge is -2.16. The van der Waals surface area contributed by atoms with Crippen molar-refractivity contribution in [3.8, 4) is 11.5 Å². The summed E-state index contributed by atoms with van der Waals surface area (Å²) in [5.74, 6) is 4.81. The number of hydrogen-bond donors (Lipinski definition) is 1. The van der Waals surface area contributed by atoms with E-state index >= 15 is 0 Å². The quantitative estimate of drug-likeness (QED) is 0.858. The monoisotopic (exact) mass is 293 g/mol. The zero-order chi connectivity index (χ0) is 13.2. The maximum absolute atomic E-state index is 5.82. The highest BCUT2D eigenvalue weighted by Crippen LogP contribution is 2.36. The molecule has 6 heteroatoms. The Labute approximate surface area is 120 Å². The van der Waals surface area contributed by atoms with Crippen LogP contribution in [-0.2, 0) is 0 Å². The molecule has 0 saturated carbocycles. The number of nitrogens with zero attached hydrogens (tertiary/aromatic N) is 2. The molecule has 2 N–H and O–H groups in total. The van der Waals surface area contributed by atoms with Crippen molar-refractivity contribution in [2.45, 2.75) is 12.2 Å². The van der Waals surface area contributed by atoms with Gasteiger partial charge >= 0.3 is 0 Å². The molecule has 2 heterocycles. The van der Waals surface area contributed by atoms with E-state index in [0.717, 1.165) is 34.1 Å². The molecule has 1 atom stereocenters. The Morgan fingerprint density at radius 2 is 2.26 bits per heavy atom. The van der Waals surface area contributed by atoms with E-state index < -0.39 is 0 Å². The molecule has 1 aromatic heterocycles. The second-order valence-electron chi connectivity index (χ2n) is 4.46. The van der Waals surface area contributed by atoms with Crippen molar-refractivity contribution < 1.29 is 4.52 Å². The van der Waals surface area contributed by atoms with Gasteiger partial charge in [-0.3, -0.25) is 0 Å². The van der Waals surface area contributed by atoms with Gasteiger partial charge in [-0.2, -0.15) is 16.7 Å². The van der Waals surface area contributed by atoms with Crippen molar-refractivity contribution in [2.75, 3.05) is 23.0 Å². The summed E-state index contributed by atoms with van der Waals surface area (Å²) in [5, 5.41) is 4.47. The third kappa shape index (κ3) is 2.74. The molecule has 4 nitrogen and oxygen atoms in total. The molecular weight excluding hydrogens is 278 g/mol. The van der Waals surface area contributed by atoms with Crippen LogP contribution < -0.4 is 5.73 Å². The molecule has 1 fully saturated rings. The Balaban J connectivity index is 1.85. The van der Waals surface area contributed by atoms with Crippen LogP contribution >= 0.6 is 23.5 Å². The molecule has 0 spiro atoms. The lowest BCUT2D eigenvalue weighted by molar-refractivity contribution is 0.423. The highest BCUT2D eigenvalue weighted by molar-refractivity contribution is 8.06. The molecule has 3 rings (SSSR count). The predicted molar refractivity (Wildman–Crippen MR) is 81.4 cm³/mol. The van der Waals surface area contributed by atoms with E-state index in [9.17, 15) is 0 Å². The van der Waals surface area contributed by atoms with Gasteiger partial charge in [-0.1, -0.05) is 5.16 Å². The van der Waals surface area contributed by atoms with Crippen LogP contribution in [0.2, 0.25) is 0 Å². The van der Waals surface area contributed by atoms with Crippen LogP contribution in [-0.4, -0.2) is 27.4 Å². The lowest BCUT2D eigenvalue weighted by Crippen LogP contribution is -2.07. The molecular formula is C13H15N3OS2. The van der Waals surface area contributed by atoms with Crippen molar-refractivity contribution >= 4 is 29.2 Å². The number of benzene rings is 1. The van der Waals surface area contributed by atoms with E-state index in [0.29, 0.717) is 11.1 Å². The number of aryl methyl sites for hydroxylation is 1. The third-order valence-corrected chi connectivity index (χ3v) is 5.81. The minimum Gasteiger partial charge on any atom is -0.399 e. The molecule has 1 aromatic carbocycles. The van der Waals surface area contributed by atoms with Gasteiger partial charge in [-0.25, -0.2) is 0 Å². The Kier molecular flexibility index (Phi) is 3.70. The summed E-state index contributed by atoms with van der Waals surface area (Å²) in [6, 6.07) is 5.78. The first kappa shape index (κ1) is 12.9. The highest BCUT2D eigenvalue weighted by atomic mass is 32.2. The van der Waals surface area contributed by atoms with Crippen LogP contribution in [0.15, 0.2) is 22.7 Å². The number of nitrogen functional groups attached to an aromatic ring is 1. The largest absolute Gasteiger partial charge is 0.399 e. The van der Waals surface area contributed by atoms with Crippen molar-refractivity contribution in [1.82, 2.24) is 10.1 Å². The number of rotatable bonds is 2. The van der Waals surface area contributed by atoms with E-state index in [-0.39, 0.29) is 0 Å². The van der Waals surface area contributed by atoms with Crippen LogP contribution in [0.1, 0.15) is 16.6 Å². The van der Waals surface area contributed by atoms with E-state index in [1.165, 1.54) is 5.75 Å². The van der Waals surface area contributed by atoms with Gasteiger partial charge in [0.05, 0.1) is 5.25 Å². The van der Waals surface area contributed by atoms with Crippen LogP contribution in [0.25, 0.3) is 11.5 Å². The topological polar surface area (TPSA) is 64.9 Å². The van der Waals surface area contributed by atoms with Crippen LogP contribution in [0, 0.1) is 6.92 Å². The van der Waals surface area contributed by atoms with Gasteiger partial charge in [-0.05, 0) is 30.7 Å². The molecule has 1 unspecified atom stereocenters. The van der Waals surface area contributed by atoms with E-state index in [1.807, 2.05) is 48.6 Å². The minimum absolute atomic E-state index is 0.353. The van der Waals surface area contributed by atoms with E-state index in [2.05, 4.69) is 10.1 Å². The molecule has 1 aliphatic rings. The average Bonchev–Trinajstić information content (AvgIpc) is 2.93. The Bertz CT molecular complexity index is 579. The van der Waals surface area contributed by atoms with Gasteiger partial charge in [0.15, 0.2) is 5.82 Å². The SMILES string of the molecule is Cc1cc(-c2nc(C3CSCCS3)no2)ccc1N. The number of hydrogen-bond acceptors (Lipinski definition) is 6. The first-order chi connectivity index (χ1) is 9.24. The fourth-order valence-electron chi connectivity index (χ4n) is 1.93. The second kappa shape index (κ2) is 5.46. The summed E-state index contributed by atoms with van der Waals surface area (Å²) in [5.41, 5.74) is 8.55. The van der Waals surface area contributed by atoms with Gasteiger partial charge in [0, 0.05) is 28.5 Å². The standard InChI is InChI=1S/C13H15N3OS2/c1-8-6-9(2-3-10(8)14)13-15-12(16-17-13)11-7-18-4-5-19-11/h2-3,6,11H,4-5,7,14H2,1H3. The van der Waals surface area contributed by atoms with Gasteiger partial charge in [0.25, 0.3) is 5.89 Å². The molecule has 0 amide bonds. The average molecular weight is 293 g/mol. The maximum atomic E-state index is 5.82. The van der Waals surface area contributed by atoms with Gasteiger partial charge in [0.2, 0.25) is 0 Å². The van der Waals surface area contributed by atoms with Gasteiger partial charge in [-0.15, -0.1) is 11.8 Å². The predicted octanol–water partition coefficient (Wildman–Crippen LogP) is 3.15. The van der Waals surface area contributed by atoms with Crippen molar-refractivity contribution in [3.05, 3.63) is 29.6 Å². The zero-order valence-electron chi connectivity index (χ0n) is 10.6. The van der Waals surface area contributed by atoms with Crippen molar-refractivity contribution in [1.29, 1.82) is 0 Å². The minimum atomic E-state index is 0.353. The number of nitrogens with two attached hydrogens (primary N) is 1. The first-order valence-corrected chi connectivity index (χ1v) is 8.34. The summed E-state index contributed by atoms with van der Waals surface area (Å²) < 4.78 is 5.37. The Morgan fingerprint density at radius 3 is 3.00 bits per heavy atom. The maximum Gasteiger partial charge on any atom is 0.257 e. The number of aromatic nitrogens is 2. The van der Waals surface area contributed by atoms with Crippen LogP contribution in [0.3, 0.4) is 0 Å². The van der Waals surface area contributed by atoms with Crippen molar-refractivity contribution in [3.63, 3.8) is 0 Å². The number of thioether (sulfide) groups is 2. The Hall–Kier alpha value is -1.14. The van der Waals surface area contributed by atoms with Crippen LogP contribution in [0.5, 0.6) is 0 Å². The van der Waals surface area contributed by atoms with Gasteiger partial charge in [0.1, 0.15) is 0 Å². The van der Waals surface area contributed by atoms with E-state index in [4.69, 9.17) is 10.3 Å². The molecule has 100 valence electrons.